The Balaban J connectivity index is 1.89. The van der Waals surface area contributed by atoms with Crippen LogP contribution in [0.5, 0.6) is 0 Å². The zero-order valence-electron chi connectivity index (χ0n) is 9.99. The number of fused-ring (bicyclic) bond motifs is 1. The summed E-state index contributed by atoms with van der Waals surface area (Å²) in [6.07, 6.45) is -0.534. The van der Waals surface area contributed by atoms with E-state index in [1.165, 1.54) is 0 Å². The van der Waals surface area contributed by atoms with E-state index >= 15 is 0 Å². The van der Waals surface area contributed by atoms with Crippen LogP contribution < -0.4 is 5.32 Å². The number of hydrogen-bond donors (Lipinski definition) is 1. The summed E-state index contributed by atoms with van der Waals surface area (Å²) in [5, 5.41) is 3.25. The monoisotopic (exact) mass is 229 g/mol. The molecule has 0 spiro atoms. The van der Waals surface area contributed by atoms with E-state index in [4.69, 9.17) is 14.2 Å². The Bertz CT molecular complexity index is 274. The van der Waals surface area contributed by atoms with Crippen molar-refractivity contribution < 1.29 is 19.0 Å². The summed E-state index contributed by atoms with van der Waals surface area (Å²) in [6.45, 7) is 7.26. The molecule has 2 heterocycles. The fourth-order valence-corrected chi connectivity index (χ4v) is 1.88. The molecule has 5 nitrogen and oxygen atoms in total. The van der Waals surface area contributed by atoms with Crippen molar-refractivity contribution in [3.05, 3.63) is 0 Å². The first-order valence-corrected chi connectivity index (χ1v) is 5.65. The molecule has 0 bridgehead atoms. The maximum absolute atomic E-state index is 11.8. The second-order valence-corrected chi connectivity index (χ2v) is 5.25. The lowest BCUT2D eigenvalue weighted by atomic mass is 10.1. The summed E-state index contributed by atoms with van der Waals surface area (Å²) in [4.78, 5) is 11.8. The highest BCUT2D eigenvalue weighted by atomic mass is 16.6. The highest BCUT2D eigenvalue weighted by Crippen LogP contribution is 2.18. The zero-order valence-corrected chi connectivity index (χ0v) is 9.99. The molecular formula is C11H19NO4. The van der Waals surface area contributed by atoms with Gasteiger partial charge >= 0.3 is 5.97 Å². The summed E-state index contributed by atoms with van der Waals surface area (Å²) < 4.78 is 16.2. The molecule has 0 aromatic heterocycles. The molecule has 0 amide bonds. The van der Waals surface area contributed by atoms with Crippen LogP contribution >= 0.6 is 0 Å². The topological polar surface area (TPSA) is 56.8 Å². The Morgan fingerprint density at radius 2 is 2.12 bits per heavy atom. The maximum Gasteiger partial charge on any atom is 0.337 e. The van der Waals surface area contributed by atoms with Crippen LogP contribution in [0.4, 0.5) is 0 Å². The first-order valence-electron chi connectivity index (χ1n) is 5.65. The minimum Gasteiger partial charge on any atom is -0.458 e. The van der Waals surface area contributed by atoms with Gasteiger partial charge in [0.25, 0.3) is 0 Å². The van der Waals surface area contributed by atoms with E-state index in [2.05, 4.69) is 5.32 Å². The third kappa shape index (κ3) is 2.72. The van der Waals surface area contributed by atoms with Gasteiger partial charge in [-0.05, 0) is 20.8 Å². The standard InChI is InChI=1S/C11H19NO4/c1-11(2,3)16-10(13)8-4-12-7-5-14-6-9(7)15-8/h7-9,12H,4-6H2,1-3H3/t7-,8?,9-/m1/s1. The van der Waals surface area contributed by atoms with Crippen molar-refractivity contribution in [1.29, 1.82) is 0 Å². The lowest BCUT2D eigenvalue weighted by Gasteiger charge is -2.32. The van der Waals surface area contributed by atoms with E-state index in [9.17, 15) is 4.79 Å². The fourth-order valence-electron chi connectivity index (χ4n) is 1.88. The summed E-state index contributed by atoms with van der Waals surface area (Å²) in [5.41, 5.74) is -0.469. The van der Waals surface area contributed by atoms with Gasteiger partial charge < -0.3 is 19.5 Å². The smallest absolute Gasteiger partial charge is 0.337 e. The lowest BCUT2D eigenvalue weighted by molar-refractivity contribution is -0.175. The fraction of sp³-hybridized carbons (Fsp3) is 0.909. The van der Waals surface area contributed by atoms with Gasteiger partial charge in [-0.1, -0.05) is 0 Å². The predicted octanol–water partition coefficient (Wildman–Crippen LogP) is 0.0839. The van der Waals surface area contributed by atoms with Gasteiger partial charge in [-0.2, -0.15) is 0 Å². The Kier molecular flexibility index (Phi) is 3.19. The molecule has 1 unspecified atom stereocenters. The molecule has 92 valence electrons. The molecule has 2 saturated heterocycles. The van der Waals surface area contributed by atoms with E-state index in [1.807, 2.05) is 20.8 Å². The van der Waals surface area contributed by atoms with Crippen LogP contribution in [0.3, 0.4) is 0 Å². The molecule has 0 aromatic rings. The first-order chi connectivity index (χ1) is 7.46. The zero-order chi connectivity index (χ0) is 11.8. The Morgan fingerprint density at radius 3 is 2.81 bits per heavy atom. The average Bonchev–Trinajstić information content (AvgIpc) is 2.61. The second-order valence-electron chi connectivity index (χ2n) is 5.25. The van der Waals surface area contributed by atoms with Crippen molar-refractivity contribution in [1.82, 2.24) is 5.32 Å². The highest BCUT2D eigenvalue weighted by molar-refractivity contribution is 5.75. The van der Waals surface area contributed by atoms with Crippen LogP contribution in [-0.4, -0.2) is 49.6 Å². The molecule has 1 N–H and O–H groups in total. The highest BCUT2D eigenvalue weighted by Gasteiger charge is 2.39. The van der Waals surface area contributed by atoms with Crippen molar-refractivity contribution in [2.24, 2.45) is 0 Å². The van der Waals surface area contributed by atoms with Crippen molar-refractivity contribution in [3.8, 4) is 0 Å². The lowest BCUT2D eigenvalue weighted by Crippen LogP contribution is -2.55. The van der Waals surface area contributed by atoms with Crippen LogP contribution in [0.2, 0.25) is 0 Å². The summed E-state index contributed by atoms with van der Waals surface area (Å²) in [5.74, 6) is -0.301. The largest absolute Gasteiger partial charge is 0.458 e. The normalized spacial score (nSPS) is 34.6. The number of esters is 1. The van der Waals surface area contributed by atoms with Gasteiger partial charge in [0.05, 0.1) is 25.4 Å². The second kappa shape index (κ2) is 4.31. The molecule has 5 heteroatoms. The molecule has 3 atom stereocenters. The van der Waals surface area contributed by atoms with Gasteiger partial charge in [0, 0.05) is 6.54 Å². The molecule has 0 saturated carbocycles. The number of morpholine rings is 1. The number of rotatable bonds is 1. The molecule has 2 aliphatic heterocycles. The number of nitrogens with one attached hydrogen (secondary N) is 1. The van der Waals surface area contributed by atoms with E-state index in [1.54, 1.807) is 0 Å². The van der Waals surface area contributed by atoms with Gasteiger partial charge in [0.15, 0.2) is 6.10 Å². The Hall–Kier alpha value is -0.650. The van der Waals surface area contributed by atoms with Crippen LogP contribution in [-0.2, 0) is 19.0 Å². The number of ether oxygens (including phenoxy) is 3. The van der Waals surface area contributed by atoms with Crippen LogP contribution in [0.15, 0.2) is 0 Å². The van der Waals surface area contributed by atoms with E-state index < -0.39 is 11.7 Å². The average molecular weight is 229 g/mol. The third-order valence-corrected chi connectivity index (χ3v) is 2.60. The first kappa shape index (κ1) is 11.8. The van der Waals surface area contributed by atoms with Crippen molar-refractivity contribution >= 4 is 5.97 Å². The van der Waals surface area contributed by atoms with Gasteiger partial charge in [0.2, 0.25) is 0 Å². The molecule has 2 fully saturated rings. The quantitative estimate of drug-likeness (QED) is 0.645. The number of hydrogen-bond acceptors (Lipinski definition) is 5. The van der Waals surface area contributed by atoms with Crippen LogP contribution in [0, 0.1) is 0 Å². The summed E-state index contributed by atoms with van der Waals surface area (Å²) in [6, 6.07) is 0.221. The molecule has 2 aliphatic rings. The van der Waals surface area contributed by atoms with Gasteiger partial charge in [0.1, 0.15) is 5.60 Å². The summed E-state index contributed by atoms with van der Waals surface area (Å²) in [7, 11) is 0. The van der Waals surface area contributed by atoms with Crippen molar-refractivity contribution in [2.45, 2.75) is 44.6 Å². The summed E-state index contributed by atoms with van der Waals surface area (Å²) >= 11 is 0. The molecule has 2 rings (SSSR count). The molecular weight excluding hydrogens is 210 g/mol. The number of carbonyl (C=O) groups is 1. The van der Waals surface area contributed by atoms with E-state index in [0.717, 1.165) is 0 Å². The molecule has 0 aliphatic carbocycles. The maximum atomic E-state index is 11.8. The van der Waals surface area contributed by atoms with Gasteiger partial charge in [-0.25, -0.2) is 4.79 Å². The molecule has 0 aromatic carbocycles. The van der Waals surface area contributed by atoms with Crippen LogP contribution in [0.25, 0.3) is 0 Å². The van der Waals surface area contributed by atoms with Crippen molar-refractivity contribution in [3.63, 3.8) is 0 Å². The Labute approximate surface area is 95.4 Å². The molecule has 0 radical (unpaired) electrons. The SMILES string of the molecule is CC(C)(C)OC(=O)C1CN[C@@H]2COC[C@H]2O1. The Morgan fingerprint density at radius 1 is 1.38 bits per heavy atom. The molecule has 16 heavy (non-hydrogen) atoms. The third-order valence-electron chi connectivity index (χ3n) is 2.60. The van der Waals surface area contributed by atoms with Gasteiger partial charge in [-0.3, -0.25) is 0 Å². The van der Waals surface area contributed by atoms with E-state index in [0.29, 0.717) is 19.8 Å². The van der Waals surface area contributed by atoms with E-state index in [-0.39, 0.29) is 18.1 Å². The number of carbonyl (C=O) groups excluding carboxylic acids is 1. The van der Waals surface area contributed by atoms with Gasteiger partial charge in [-0.15, -0.1) is 0 Å². The van der Waals surface area contributed by atoms with Crippen molar-refractivity contribution in [2.75, 3.05) is 19.8 Å². The predicted molar refractivity (Wildman–Crippen MR) is 57.1 cm³/mol. The van der Waals surface area contributed by atoms with Crippen LogP contribution in [0.1, 0.15) is 20.8 Å². The minimum atomic E-state index is -0.512. The minimum absolute atomic E-state index is 0.0220.